The van der Waals surface area contributed by atoms with E-state index in [2.05, 4.69) is 22.9 Å². The number of hydrogen-bond donors (Lipinski definition) is 3. The van der Waals surface area contributed by atoms with Crippen LogP contribution >= 0.6 is 12.4 Å². The van der Waals surface area contributed by atoms with Gasteiger partial charge in [-0.2, -0.15) is 0 Å². The fraction of sp³-hybridized carbons (Fsp3) is 0.833. The minimum absolute atomic E-state index is 0. The average Bonchev–Trinajstić information content (AvgIpc) is 2.51. The van der Waals surface area contributed by atoms with Crippen LogP contribution in [0.5, 0.6) is 0 Å². The van der Waals surface area contributed by atoms with Gasteiger partial charge in [0.25, 0.3) is 0 Å². The second kappa shape index (κ2) is 10.1. The summed E-state index contributed by atoms with van der Waals surface area (Å²) in [5, 5.41) is 8.83. The van der Waals surface area contributed by atoms with Crippen LogP contribution in [0.4, 0.5) is 0 Å². The van der Waals surface area contributed by atoms with E-state index in [-0.39, 0.29) is 30.4 Å². The average molecular weight is 278 g/mol. The van der Waals surface area contributed by atoms with E-state index in [0.717, 1.165) is 32.1 Å². The minimum Gasteiger partial charge on any atom is -0.343 e. The summed E-state index contributed by atoms with van der Waals surface area (Å²) >= 11 is 0. The van der Waals surface area contributed by atoms with Crippen molar-refractivity contribution in [2.75, 3.05) is 6.67 Å². The first-order chi connectivity index (χ1) is 8.22. The number of carbonyl (C=O) groups is 2. The Morgan fingerprint density at radius 2 is 2.22 bits per heavy atom. The van der Waals surface area contributed by atoms with Crippen LogP contribution in [0.15, 0.2) is 0 Å². The number of hydrogen-bond acceptors (Lipinski definition) is 3. The van der Waals surface area contributed by atoms with Crippen LogP contribution in [0.3, 0.4) is 0 Å². The summed E-state index contributed by atoms with van der Waals surface area (Å²) in [6.07, 6.45) is 6.06. The predicted octanol–water partition coefficient (Wildman–Crippen LogP) is 1.28. The van der Waals surface area contributed by atoms with Gasteiger partial charge in [-0.1, -0.05) is 13.3 Å². The third-order valence-electron chi connectivity index (χ3n) is 2.87. The quantitative estimate of drug-likeness (QED) is 0.641. The highest BCUT2D eigenvalue weighted by Crippen LogP contribution is 2.07. The molecule has 1 aliphatic heterocycles. The first kappa shape index (κ1) is 17.2. The molecular formula is C12H24ClN3O2. The molecule has 0 saturated carbocycles. The number of amides is 2. The highest BCUT2D eigenvalue weighted by Gasteiger charge is 2.15. The number of rotatable bonds is 6. The predicted molar refractivity (Wildman–Crippen MR) is 73.3 cm³/mol. The Morgan fingerprint density at radius 3 is 2.94 bits per heavy atom. The van der Waals surface area contributed by atoms with Gasteiger partial charge in [-0.3, -0.25) is 14.9 Å². The van der Waals surface area contributed by atoms with E-state index in [0.29, 0.717) is 19.5 Å². The largest absolute Gasteiger partial charge is 0.343 e. The molecule has 0 aromatic carbocycles. The number of carbonyl (C=O) groups excluding carboxylic acids is 2. The van der Waals surface area contributed by atoms with Crippen molar-refractivity contribution in [2.45, 2.75) is 58.0 Å². The number of nitrogens with one attached hydrogen (secondary N) is 3. The molecule has 1 rings (SSSR count). The molecule has 1 heterocycles. The lowest BCUT2D eigenvalue weighted by Crippen LogP contribution is -2.48. The molecule has 0 spiro atoms. The molecule has 0 aromatic heterocycles. The first-order valence-corrected chi connectivity index (χ1v) is 6.52. The Labute approximate surface area is 115 Å². The molecule has 0 aromatic rings. The zero-order chi connectivity index (χ0) is 12.5. The summed E-state index contributed by atoms with van der Waals surface area (Å²) in [4.78, 5) is 22.6. The summed E-state index contributed by atoms with van der Waals surface area (Å²) in [6, 6.07) is 0. The summed E-state index contributed by atoms with van der Waals surface area (Å²) in [5.41, 5.74) is 0. The minimum atomic E-state index is -0.00326. The smallest absolute Gasteiger partial charge is 0.221 e. The van der Waals surface area contributed by atoms with Gasteiger partial charge in [-0.05, 0) is 25.7 Å². The van der Waals surface area contributed by atoms with E-state index < -0.39 is 0 Å². The van der Waals surface area contributed by atoms with Gasteiger partial charge in [0.2, 0.25) is 11.8 Å². The molecule has 1 atom stereocenters. The summed E-state index contributed by atoms with van der Waals surface area (Å²) in [6.45, 7) is 2.49. The third kappa shape index (κ3) is 7.50. The lowest BCUT2D eigenvalue weighted by Gasteiger charge is -2.17. The third-order valence-corrected chi connectivity index (χ3v) is 2.87. The maximum absolute atomic E-state index is 11.3. The van der Waals surface area contributed by atoms with Crippen LogP contribution in [-0.4, -0.2) is 24.6 Å². The fourth-order valence-corrected chi connectivity index (χ4v) is 1.82. The van der Waals surface area contributed by atoms with E-state index in [9.17, 15) is 9.59 Å². The van der Waals surface area contributed by atoms with Gasteiger partial charge in [-0.15, -0.1) is 12.4 Å². The van der Waals surface area contributed by atoms with Crippen LogP contribution in [0.25, 0.3) is 0 Å². The molecule has 6 heteroatoms. The van der Waals surface area contributed by atoms with Crippen molar-refractivity contribution in [1.29, 1.82) is 0 Å². The molecule has 1 saturated heterocycles. The van der Waals surface area contributed by atoms with Crippen molar-refractivity contribution < 1.29 is 9.59 Å². The van der Waals surface area contributed by atoms with Gasteiger partial charge in [0, 0.05) is 12.8 Å². The molecule has 18 heavy (non-hydrogen) atoms. The Kier molecular flexibility index (Phi) is 9.69. The van der Waals surface area contributed by atoms with Crippen molar-refractivity contribution in [3.63, 3.8) is 0 Å². The van der Waals surface area contributed by atoms with Gasteiger partial charge < -0.3 is 10.6 Å². The Morgan fingerprint density at radius 1 is 1.44 bits per heavy atom. The van der Waals surface area contributed by atoms with Gasteiger partial charge in [0.1, 0.15) is 0 Å². The molecule has 1 fully saturated rings. The SMILES string of the molecule is CCCCC(=O)NCNC1CCCCC(=O)N1.Cl. The Hall–Kier alpha value is -0.810. The Balaban J connectivity index is 0.00000289. The first-order valence-electron chi connectivity index (χ1n) is 6.52. The molecular weight excluding hydrogens is 254 g/mol. The molecule has 0 radical (unpaired) electrons. The van der Waals surface area contributed by atoms with Crippen molar-refractivity contribution >= 4 is 24.2 Å². The summed E-state index contributed by atoms with van der Waals surface area (Å²) in [5.74, 6) is 0.164. The van der Waals surface area contributed by atoms with Gasteiger partial charge >= 0.3 is 0 Å². The second-order valence-electron chi connectivity index (χ2n) is 4.45. The second-order valence-corrected chi connectivity index (χ2v) is 4.45. The maximum atomic E-state index is 11.3. The highest BCUT2D eigenvalue weighted by atomic mass is 35.5. The van der Waals surface area contributed by atoms with Crippen molar-refractivity contribution in [3.05, 3.63) is 0 Å². The summed E-state index contributed by atoms with van der Waals surface area (Å²) in [7, 11) is 0. The molecule has 1 aliphatic rings. The summed E-state index contributed by atoms with van der Waals surface area (Å²) < 4.78 is 0. The maximum Gasteiger partial charge on any atom is 0.221 e. The Bertz CT molecular complexity index is 262. The van der Waals surface area contributed by atoms with Crippen LogP contribution in [-0.2, 0) is 9.59 Å². The van der Waals surface area contributed by atoms with Gasteiger partial charge in [-0.25, -0.2) is 0 Å². The normalized spacial score (nSPS) is 19.4. The van der Waals surface area contributed by atoms with E-state index >= 15 is 0 Å². The fourth-order valence-electron chi connectivity index (χ4n) is 1.82. The zero-order valence-electron chi connectivity index (χ0n) is 11.0. The number of unbranched alkanes of at least 4 members (excludes halogenated alkanes) is 1. The van der Waals surface area contributed by atoms with Gasteiger partial charge in [0.15, 0.2) is 0 Å². The van der Waals surface area contributed by atoms with Crippen molar-refractivity contribution in [2.24, 2.45) is 0 Å². The topological polar surface area (TPSA) is 70.2 Å². The molecule has 2 amide bonds. The molecule has 0 aliphatic carbocycles. The lowest BCUT2D eigenvalue weighted by molar-refractivity contribution is -0.121. The van der Waals surface area contributed by atoms with Gasteiger partial charge in [0.05, 0.1) is 12.8 Å². The van der Waals surface area contributed by atoms with E-state index in [1.807, 2.05) is 0 Å². The van der Waals surface area contributed by atoms with E-state index in [1.165, 1.54) is 0 Å². The standard InChI is InChI=1S/C12H23N3O2.ClH/c1-2-3-7-11(16)14-9-13-10-6-4-5-8-12(17)15-10;/h10,13H,2-9H2,1H3,(H,14,16)(H,15,17);1H. The van der Waals surface area contributed by atoms with Crippen LogP contribution in [0.2, 0.25) is 0 Å². The van der Waals surface area contributed by atoms with Crippen LogP contribution < -0.4 is 16.0 Å². The molecule has 106 valence electrons. The number of halogens is 1. The molecule has 3 N–H and O–H groups in total. The molecule has 5 nitrogen and oxygen atoms in total. The van der Waals surface area contributed by atoms with Crippen molar-refractivity contribution in [1.82, 2.24) is 16.0 Å². The van der Waals surface area contributed by atoms with E-state index in [1.54, 1.807) is 0 Å². The van der Waals surface area contributed by atoms with Crippen molar-refractivity contribution in [3.8, 4) is 0 Å². The van der Waals surface area contributed by atoms with Crippen LogP contribution in [0, 0.1) is 0 Å². The molecule has 1 unspecified atom stereocenters. The molecule has 0 bridgehead atoms. The monoisotopic (exact) mass is 277 g/mol. The van der Waals surface area contributed by atoms with E-state index in [4.69, 9.17) is 0 Å². The zero-order valence-corrected chi connectivity index (χ0v) is 11.8. The lowest BCUT2D eigenvalue weighted by atomic mass is 10.2. The highest BCUT2D eigenvalue weighted by molar-refractivity contribution is 5.85. The van der Waals surface area contributed by atoms with Crippen LogP contribution in [0.1, 0.15) is 51.9 Å².